The summed E-state index contributed by atoms with van der Waals surface area (Å²) in [6, 6.07) is 9.32. The number of aromatic amines is 1. The molecule has 2 heterocycles. The van der Waals surface area contributed by atoms with Gasteiger partial charge in [-0.1, -0.05) is 18.2 Å². The maximum atomic E-state index is 11.2. The maximum Gasteiger partial charge on any atom is 0.288 e. The molecule has 0 saturated carbocycles. The number of hydrogen-bond donors (Lipinski definition) is 1. The number of H-pyrrole nitrogens is 1. The Bertz CT molecular complexity index is 703. The molecular weight excluding hydrogens is 190 g/mol. The second kappa shape index (κ2) is 2.88. The van der Waals surface area contributed by atoms with E-state index in [9.17, 15) is 4.79 Å². The van der Waals surface area contributed by atoms with Gasteiger partial charge < -0.3 is 4.98 Å². The molecule has 15 heavy (non-hydrogen) atoms. The van der Waals surface area contributed by atoms with Gasteiger partial charge in [0.15, 0.2) is 0 Å². The van der Waals surface area contributed by atoms with E-state index in [1.54, 1.807) is 6.20 Å². The molecule has 0 spiro atoms. The van der Waals surface area contributed by atoms with Gasteiger partial charge in [-0.3, -0.25) is 4.79 Å². The lowest BCUT2D eigenvalue weighted by atomic mass is 10.2. The van der Waals surface area contributed by atoms with Crippen LogP contribution >= 0.6 is 0 Å². The van der Waals surface area contributed by atoms with Crippen LogP contribution in [0.2, 0.25) is 0 Å². The van der Waals surface area contributed by atoms with Crippen LogP contribution in [0, 0.1) is 0 Å². The van der Waals surface area contributed by atoms with Crippen molar-refractivity contribution < 1.29 is 0 Å². The number of hydrogen-bond acceptors (Lipinski definition) is 3. The first-order chi connectivity index (χ1) is 7.34. The Morgan fingerprint density at radius 2 is 1.93 bits per heavy atom. The molecule has 3 aromatic rings. The SMILES string of the molecule is O=c1cc2c(cnn1)[nH]c1ccccc12. The first-order valence-corrected chi connectivity index (χ1v) is 4.58. The van der Waals surface area contributed by atoms with Gasteiger partial charge in [-0.25, -0.2) is 0 Å². The van der Waals surface area contributed by atoms with Crippen LogP contribution in [0.15, 0.2) is 41.3 Å². The molecule has 4 nitrogen and oxygen atoms in total. The predicted octanol–water partition coefficient (Wildman–Crippen LogP) is 1.47. The van der Waals surface area contributed by atoms with E-state index in [1.165, 1.54) is 6.07 Å². The normalized spacial score (nSPS) is 10.9. The van der Waals surface area contributed by atoms with E-state index in [0.29, 0.717) is 0 Å². The fourth-order valence-electron chi connectivity index (χ4n) is 1.74. The Morgan fingerprint density at radius 1 is 1.07 bits per heavy atom. The molecule has 72 valence electrons. The minimum Gasteiger partial charge on any atom is -0.353 e. The van der Waals surface area contributed by atoms with Crippen LogP contribution in [-0.4, -0.2) is 15.2 Å². The highest BCUT2D eigenvalue weighted by molar-refractivity contribution is 6.06. The molecule has 0 aliphatic rings. The quantitative estimate of drug-likeness (QED) is 0.593. The highest BCUT2D eigenvalue weighted by Gasteiger charge is 2.02. The predicted molar refractivity (Wildman–Crippen MR) is 57.7 cm³/mol. The molecule has 0 atom stereocenters. The van der Waals surface area contributed by atoms with Crippen molar-refractivity contribution in [3.63, 3.8) is 0 Å². The number of rotatable bonds is 0. The van der Waals surface area contributed by atoms with E-state index in [1.807, 2.05) is 24.3 Å². The molecule has 0 unspecified atom stereocenters. The molecule has 2 aromatic heterocycles. The van der Waals surface area contributed by atoms with Gasteiger partial charge in [-0.05, 0) is 6.07 Å². The van der Waals surface area contributed by atoms with Crippen molar-refractivity contribution in [2.24, 2.45) is 0 Å². The molecule has 0 bridgehead atoms. The molecule has 4 heteroatoms. The highest BCUT2D eigenvalue weighted by Crippen LogP contribution is 2.22. The number of nitrogens with one attached hydrogen (secondary N) is 1. The minimum absolute atomic E-state index is 0.324. The van der Waals surface area contributed by atoms with Crippen LogP contribution in [0.25, 0.3) is 21.8 Å². The van der Waals surface area contributed by atoms with E-state index in [2.05, 4.69) is 15.2 Å². The Kier molecular flexibility index (Phi) is 1.56. The van der Waals surface area contributed by atoms with Gasteiger partial charge in [-0.2, -0.15) is 5.10 Å². The first-order valence-electron chi connectivity index (χ1n) is 4.58. The largest absolute Gasteiger partial charge is 0.353 e. The second-order valence-electron chi connectivity index (χ2n) is 3.33. The van der Waals surface area contributed by atoms with Crippen molar-refractivity contribution in [2.75, 3.05) is 0 Å². The molecule has 1 aromatic carbocycles. The van der Waals surface area contributed by atoms with E-state index in [-0.39, 0.29) is 5.56 Å². The van der Waals surface area contributed by atoms with Crippen molar-refractivity contribution in [1.82, 2.24) is 15.2 Å². The van der Waals surface area contributed by atoms with Crippen molar-refractivity contribution in [3.05, 3.63) is 46.9 Å². The van der Waals surface area contributed by atoms with Gasteiger partial charge in [0.2, 0.25) is 0 Å². The minimum atomic E-state index is -0.324. The summed E-state index contributed by atoms with van der Waals surface area (Å²) in [6.45, 7) is 0. The second-order valence-corrected chi connectivity index (χ2v) is 3.33. The monoisotopic (exact) mass is 197 g/mol. The zero-order valence-corrected chi connectivity index (χ0v) is 7.77. The standard InChI is InChI=1S/C11H7N3O/c15-11-5-8-7-3-1-2-4-9(7)13-10(8)6-12-14-11/h1-6,13H. The van der Waals surface area contributed by atoms with Gasteiger partial charge in [0.05, 0.1) is 11.7 Å². The van der Waals surface area contributed by atoms with Crippen molar-refractivity contribution in [3.8, 4) is 0 Å². The first kappa shape index (κ1) is 8.11. The number of aromatic nitrogens is 3. The van der Waals surface area contributed by atoms with E-state index >= 15 is 0 Å². The fraction of sp³-hybridized carbons (Fsp3) is 0. The maximum absolute atomic E-state index is 11.2. The average Bonchev–Trinajstić information content (AvgIpc) is 2.47. The summed E-state index contributed by atoms with van der Waals surface area (Å²) in [6.07, 6.45) is 1.57. The van der Waals surface area contributed by atoms with Crippen LogP contribution < -0.4 is 5.56 Å². The number of para-hydroxylation sites is 1. The zero-order valence-electron chi connectivity index (χ0n) is 7.77. The van der Waals surface area contributed by atoms with Crippen LogP contribution in [-0.2, 0) is 0 Å². The zero-order chi connectivity index (χ0) is 10.3. The Morgan fingerprint density at radius 3 is 2.87 bits per heavy atom. The van der Waals surface area contributed by atoms with Crippen LogP contribution in [0.3, 0.4) is 0 Å². The molecule has 0 aliphatic carbocycles. The molecule has 0 aliphatic heterocycles. The highest BCUT2D eigenvalue weighted by atomic mass is 16.1. The smallest absolute Gasteiger partial charge is 0.288 e. The molecule has 3 rings (SSSR count). The Hall–Kier alpha value is -2.23. The topological polar surface area (TPSA) is 58.6 Å². The van der Waals surface area contributed by atoms with Gasteiger partial charge >= 0.3 is 0 Å². The lowest BCUT2D eigenvalue weighted by molar-refractivity contribution is 1.02. The van der Waals surface area contributed by atoms with E-state index in [0.717, 1.165) is 21.8 Å². The van der Waals surface area contributed by atoms with Crippen LogP contribution in [0.5, 0.6) is 0 Å². The lowest BCUT2D eigenvalue weighted by Crippen LogP contribution is -1.99. The van der Waals surface area contributed by atoms with E-state index in [4.69, 9.17) is 0 Å². The summed E-state index contributed by atoms with van der Waals surface area (Å²) < 4.78 is 0. The third kappa shape index (κ3) is 1.19. The molecular formula is C11H7N3O. The van der Waals surface area contributed by atoms with Gasteiger partial charge in [0.25, 0.3) is 5.56 Å². The summed E-state index contributed by atoms with van der Waals surface area (Å²) in [5.41, 5.74) is 1.50. The van der Waals surface area contributed by atoms with Gasteiger partial charge in [-0.15, -0.1) is 5.10 Å². The third-order valence-corrected chi connectivity index (χ3v) is 2.39. The third-order valence-electron chi connectivity index (χ3n) is 2.39. The van der Waals surface area contributed by atoms with Crippen molar-refractivity contribution >= 4 is 21.8 Å². The summed E-state index contributed by atoms with van der Waals surface area (Å²) in [5, 5.41) is 9.03. The fourth-order valence-corrected chi connectivity index (χ4v) is 1.74. The number of benzene rings is 1. The molecule has 1 N–H and O–H groups in total. The average molecular weight is 197 g/mol. The van der Waals surface area contributed by atoms with Crippen LogP contribution in [0.4, 0.5) is 0 Å². The summed E-state index contributed by atoms with van der Waals surface area (Å²) in [5.74, 6) is 0. The van der Waals surface area contributed by atoms with Crippen molar-refractivity contribution in [2.45, 2.75) is 0 Å². The lowest BCUT2D eigenvalue weighted by Gasteiger charge is -1.85. The molecule has 0 fully saturated rings. The van der Waals surface area contributed by atoms with Gasteiger partial charge in [0, 0.05) is 22.4 Å². The Labute approximate surface area is 84.6 Å². The van der Waals surface area contributed by atoms with Crippen molar-refractivity contribution in [1.29, 1.82) is 0 Å². The molecule has 0 radical (unpaired) electrons. The van der Waals surface area contributed by atoms with E-state index < -0.39 is 0 Å². The van der Waals surface area contributed by atoms with Crippen LogP contribution in [0.1, 0.15) is 0 Å². The number of fused-ring (bicyclic) bond motifs is 3. The number of nitrogens with zero attached hydrogens (tertiary/aromatic N) is 2. The summed E-state index contributed by atoms with van der Waals surface area (Å²) in [7, 11) is 0. The van der Waals surface area contributed by atoms with Gasteiger partial charge in [0.1, 0.15) is 0 Å². The molecule has 0 saturated heterocycles. The summed E-state index contributed by atoms with van der Waals surface area (Å²) >= 11 is 0. The summed E-state index contributed by atoms with van der Waals surface area (Å²) in [4.78, 5) is 14.4. The molecule has 0 amide bonds. The Balaban J connectivity index is 2.65.